The van der Waals surface area contributed by atoms with Gasteiger partial charge in [-0.3, -0.25) is 4.79 Å². The van der Waals surface area contributed by atoms with Crippen molar-refractivity contribution in [3.8, 4) is 0 Å². The van der Waals surface area contributed by atoms with E-state index in [1.807, 2.05) is 20.8 Å². The Kier molecular flexibility index (Phi) is 4.50. The molecule has 1 aliphatic carbocycles. The first-order valence-electron chi connectivity index (χ1n) is 6.84. The third-order valence-electron chi connectivity index (χ3n) is 4.32. The molecule has 0 radical (unpaired) electrons. The summed E-state index contributed by atoms with van der Waals surface area (Å²) in [4.78, 5) is 23.3. The first-order valence-corrected chi connectivity index (χ1v) is 7.31. The van der Waals surface area contributed by atoms with Crippen molar-refractivity contribution in [1.82, 2.24) is 0 Å². The van der Waals surface area contributed by atoms with E-state index in [1.165, 1.54) is 0 Å². The van der Waals surface area contributed by atoms with E-state index in [-0.39, 0.29) is 35.4 Å². The summed E-state index contributed by atoms with van der Waals surface area (Å²) in [7, 11) is 2.23. The van der Waals surface area contributed by atoms with Gasteiger partial charge in [0.15, 0.2) is 11.9 Å². The lowest BCUT2D eigenvalue weighted by molar-refractivity contribution is -0.122. The Balaban J connectivity index is 2.10. The molecule has 2 aliphatic rings. The minimum absolute atomic E-state index is 0.0659. The van der Waals surface area contributed by atoms with E-state index in [4.69, 9.17) is 14.0 Å². The van der Waals surface area contributed by atoms with E-state index in [9.17, 15) is 9.59 Å². The number of rotatable bonds is 5. The van der Waals surface area contributed by atoms with Gasteiger partial charge in [-0.05, 0) is 12.5 Å². The average Bonchev–Trinajstić information content (AvgIpc) is 2.91. The fourth-order valence-electron chi connectivity index (χ4n) is 2.49. The van der Waals surface area contributed by atoms with Crippen LogP contribution >= 0.6 is 9.47 Å². The van der Waals surface area contributed by atoms with Crippen molar-refractivity contribution >= 4 is 21.4 Å². The molecule has 20 heavy (non-hydrogen) atoms. The predicted molar refractivity (Wildman–Crippen MR) is 76.1 cm³/mol. The minimum atomic E-state index is -0.638. The third-order valence-corrected chi connectivity index (χ3v) is 4.66. The summed E-state index contributed by atoms with van der Waals surface area (Å²) >= 11 is 0. The van der Waals surface area contributed by atoms with Gasteiger partial charge >= 0.3 is 6.16 Å². The highest BCUT2D eigenvalue weighted by atomic mass is 31.0. The van der Waals surface area contributed by atoms with Crippen LogP contribution in [0, 0.1) is 11.3 Å². The first kappa shape index (κ1) is 15.5. The Morgan fingerprint density at radius 1 is 1.50 bits per heavy atom. The normalized spacial score (nSPS) is 33.1. The molecular weight excluding hydrogens is 279 g/mol. The van der Waals surface area contributed by atoms with E-state index in [1.54, 1.807) is 12.2 Å². The van der Waals surface area contributed by atoms with Gasteiger partial charge in [-0.15, -0.1) is 0 Å². The molecule has 4 unspecified atom stereocenters. The standard InChI is InChI=1S/C14H21O5P/c1-4-14(2,3)11(15)6-5-8-9(19-20)7-10-12(8)18-13(16)17-10/h5-6,8-10,12H,4,7,20H2,1-3H3/b6-5+/t8-,9?,10?,12?/m0/s1. The summed E-state index contributed by atoms with van der Waals surface area (Å²) < 4.78 is 15.6. The van der Waals surface area contributed by atoms with Crippen LogP contribution in [0.15, 0.2) is 12.2 Å². The molecule has 0 aromatic heterocycles. The van der Waals surface area contributed by atoms with Gasteiger partial charge in [-0.25, -0.2) is 4.79 Å². The Bertz CT molecular complexity index is 431. The molecular formula is C14H21O5P. The largest absolute Gasteiger partial charge is 0.509 e. The van der Waals surface area contributed by atoms with E-state index in [2.05, 4.69) is 9.47 Å². The molecule has 0 N–H and O–H groups in total. The molecule has 1 aliphatic heterocycles. The maximum atomic E-state index is 12.1. The second kappa shape index (κ2) is 5.82. The lowest BCUT2D eigenvalue weighted by atomic mass is 9.84. The molecule has 2 rings (SSSR count). The number of carbonyl (C=O) groups excluding carboxylic acids is 2. The van der Waals surface area contributed by atoms with Crippen molar-refractivity contribution in [1.29, 1.82) is 0 Å². The Hall–Kier alpha value is -0.930. The van der Waals surface area contributed by atoms with Gasteiger partial charge in [0, 0.05) is 27.2 Å². The molecule has 0 aromatic carbocycles. The van der Waals surface area contributed by atoms with Gasteiger partial charge in [0.2, 0.25) is 0 Å². The fourth-order valence-corrected chi connectivity index (χ4v) is 2.78. The maximum absolute atomic E-state index is 12.1. The summed E-state index contributed by atoms with van der Waals surface area (Å²) in [6, 6.07) is 0. The van der Waals surface area contributed by atoms with Crippen LogP contribution in [-0.2, 0) is 18.8 Å². The Morgan fingerprint density at radius 3 is 2.80 bits per heavy atom. The van der Waals surface area contributed by atoms with E-state index in [0.29, 0.717) is 6.42 Å². The molecule has 5 nitrogen and oxygen atoms in total. The molecule has 1 saturated heterocycles. The summed E-state index contributed by atoms with van der Waals surface area (Å²) in [5.74, 6) is -0.0863. The second-order valence-electron chi connectivity index (χ2n) is 5.94. The SMILES string of the molecule is CCC(C)(C)C(=O)/C=C/[C@H]1C(OP)CC2OC(=O)OC21. The fraction of sp³-hybridized carbons (Fsp3) is 0.714. The molecule has 6 heteroatoms. The topological polar surface area (TPSA) is 61.8 Å². The second-order valence-corrected chi connectivity index (χ2v) is 6.21. The van der Waals surface area contributed by atoms with Crippen LogP contribution in [-0.4, -0.2) is 30.3 Å². The van der Waals surface area contributed by atoms with Crippen LogP contribution in [0.1, 0.15) is 33.6 Å². The smallest absolute Gasteiger partial charge is 0.427 e. The predicted octanol–water partition coefficient (Wildman–Crippen LogP) is 2.65. The number of fused-ring (bicyclic) bond motifs is 1. The number of hydrogen-bond donors (Lipinski definition) is 0. The minimum Gasteiger partial charge on any atom is -0.427 e. The van der Waals surface area contributed by atoms with E-state index < -0.39 is 6.16 Å². The van der Waals surface area contributed by atoms with Gasteiger partial charge in [0.1, 0.15) is 6.10 Å². The molecule has 0 amide bonds. The Labute approximate surface area is 121 Å². The van der Waals surface area contributed by atoms with Gasteiger partial charge in [-0.2, -0.15) is 0 Å². The molecule has 0 spiro atoms. The maximum Gasteiger partial charge on any atom is 0.509 e. The van der Waals surface area contributed by atoms with Crippen LogP contribution in [0.5, 0.6) is 0 Å². The first-order chi connectivity index (χ1) is 9.39. The number of carbonyl (C=O) groups is 2. The summed E-state index contributed by atoms with van der Waals surface area (Å²) in [5.41, 5.74) is -0.380. The average molecular weight is 300 g/mol. The van der Waals surface area contributed by atoms with Crippen LogP contribution in [0.25, 0.3) is 0 Å². The molecule has 1 heterocycles. The van der Waals surface area contributed by atoms with Crippen LogP contribution in [0.2, 0.25) is 0 Å². The van der Waals surface area contributed by atoms with Gasteiger partial charge in [-0.1, -0.05) is 26.8 Å². The highest BCUT2D eigenvalue weighted by Crippen LogP contribution is 2.39. The molecule has 2 fully saturated rings. The van der Waals surface area contributed by atoms with E-state index >= 15 is 0 Å². The molecule has 112 valence electrons. The van der Waals surface area contributed by atoms with Gasteiger partial charge in [0.05, 0.1) is 6.10 Å². The lowest BCUT2D eigenvalue weighted by Crippen LogP contribution is -2.26. The summed E-state index contributed by atoms with van der Waals surface area (Å²) in [6.07, 6.45) is 3.33. The monoisotopic (exact) mass is 300 g/mol. The third kappa shape index (κ3) is 2.89. The van der Waals surface area contributed by atoms with Crippen LogP contribution in [0.4, 0.5) is 4.79 Å². The highest BCUT2D eigenvalue weighted by molar-refractivity contribution is 7.09. The zero-order chi connectivity index (χ0) is 14.9. The summed E-state index contributed by atoms with van der Waals surface area (Å²) in [6.45, 7) is 5.82. The lowest BCUT2D eigenvalue weighted by Gasteiger charge is -2.20. The molecule has 0 bridgehead atoms. The van der Waals surface area contributed by atoms with Crippen molar-refractivity contribution < 1.29 is 23.6 Å². The molecule has 5 atom stereocenters. The highest BCUT2D eigenvalue weighted by Gasteiger charge is 2.51. The quantitative estimate of drug-likeness (QED) is 0.444. The van der Waals surface area contributed by atoms with Crippen molar-refractivity contribution in [3.63, 3.8) is 0 Å². The van der Waals surface area contributed by atoms with Gasteiger partial charge < -0.3 is 14.0 Å². The number of allylic oxidation sites excluding steroid dienone is 1. The number of ketones is 1. The van der Waals surface area contributed by atoms with Crippen LogP contribution < -0.4 is 0 Å². The van der Waals surface area contributed by atoms with Crippen molar-refractivity contribution in [3.05, 3.63) is 12.2 Å². The molecule has 0 aromatic rings. The van der Waals surface area contributed by atoms with Gasteiger partial charge in [0.25, 0.3) is 0 Å². The van der Waals surface area contributed by atoms with Crippen molar-refractivity contribution in [2.24, 2.45) is 11.3 Å². The Morgan fingerprint density at radius 2 is 2.20 bits per heavy atom. The summed E-state index contributed by atoms with van der Waals surface area (Å²) in [5, 5.41) is 0. The zero-order valence-corrected chi connectivity index (χ0v) is 13.2. The van der Waals surface area contributed by atoms with Crippen molar-refractivity contribution in [2.75, 3.05) is 0 Å². The van der Waals surface area contributed by atoms with Crippen LogP contribution in [0.3, 0.4) is 0 Å². The number of hydrogen-bond acceptors (Lipinski definition) is 5. The van der Waals surface area contributed by atoms with Crippen molar-refractivity contribution in [2.45, 2.75) is 51.9 Å². The number of ether oxygens (including phenoxy) is 2. The molecule has 1 saturated carbocycles. The van der Waals surface area contributed by atoms with E-state index in [0.717, 1.165) is 6.42 Å². The zero-order valence-electron chi connectivity index (χ0n) is 12.0.